The summed E-state index contributed by atoms with van der Waals surface area (Å²) in [4.78, 5) is 0. The summed E-state index contributed by atoms with van der Waals surface area (Å²) >= 11 is 0. The first-order valence-corrected chi connectivity index (χ1v) is 16.0. The van der Waals surface area contributed by atoms with E-state index in [9.17, 15) is 0 Å². The van der Waals surface area contributed by atoms with Crippen LogP contribution in [0.1, 0.15) is 45.4 Å². The first-order valence-electron chi connectivity index (χ1n) is 16.0. The fourth-order valence-corrected chi connectivity index (χ4v) is 3.37. The maximum Gasteiger partial charge on any atom is 0.0701 e. The van der Waals surface area contributed by atoms with Crippen molar-refractivity contribution in [2.45, 2.75) is 45.4 Å². The Bertz CT molecular complexity index is 427. The molecule has 0 atom stereocenters. The topological polar surface area (TPSA) is 128 Å². The molecule has 2 N–H and O–H groups in total. The van der Waals surface area contributed by atoms with Crippen molar-refractivity contribution < 1.29 is 52.1 Å². The second-order valence-corrected chi connectivity index (χ2v) is 9.29. The molecule has 0 fully saturated rings. The third-order valence-electron chi connectivity index (χ3n) is 5.62. The standard InChI is InChI=1S/C30H63NO11/c1-2-3-4-5-6-7-9-32-11-13-34-15-17-36-19-21-38-23-25-40-27-29-42-30-28-41-26-24-39-22-20-37-18-16-35-14-12-33-10-8-31/h2-31H2,1H3. The SMILES string of the molecule is CCCCCCCCOCCOCCOCCOCCOCCOCCOCCOCCOCCOCCOCCN. The molecule has 12 nitrogen and oxygen atoms in total. The van der Waals surface area contributed by atoms with Gasteiger partial charge in [0.1, 0.15) is 0 Å². The Kier molecular flexibility index (Phi) is 40.1. The highest BCUT2D eigenvalue weighted by atomic mass is 16.6. The van der Waals surface area contributed by atoms with E-state index < -0.39 is 0 Å². The Morgan fingerprint density at radius 1 is 0.262 bits per heavy atom. The van der Waals surface area contributed by atoms with Crippen LogP contribution in [0, 0.1) is 0 Å². The van der Waals surface area contributed by atoms with Gasteiger partial charge < -0.3 is 57.8 Å². The number of nitrogens with two attached hydrogens (primary N) is 1. The molecular weight excluding hydrogens is 550 g/mol. The van der Waals surface area contributed by atoms with Crippen LogP contribution in [0.2, 0.25) is 0 Å². The molecular formula is C30H63NO11. The molecule has 42 heavy (non-hydrogen) atoms. The summed E-state index contributed by atoms with van der Waals surface area (Å²) in [6, 6.07) is 0. The quantitative estimate of drug-likeness (QED) is 0.102. The number of ether oxygens (including phenoxy) is 11. The Morgan fingerprint density at radius 2 is 0.476 bits per heavy atom. The van der Waals surface area contributed by atoms with Gasteiger partial charge in [0.25, 0.3) is 0 Å². The fraction of sp³-hybridized carbons (Fsp3) is 1.00. The lowest BCUT2D eigenvalue weighted by molar-refractivity contribution is -0.0274. The maximum atomic E-state index is 5.58. The molecule has 0 rings (SSSR count). The smallest absolute Gasteiger partial charge is 0.0701 e. The third kappa shape index (κ3) is 39.5. The summed E-state index contributed by atoms with van der Waals surface area (Å²) in [5.74, 6) is 0. The molecule has 0 saturated heterocycles. The molecule has 0 unspecified atom stereocenters. The molecule has 0 heterocycles. The first kappa shape index (κ1) is 41.5. The van der Waals surface area contributed by atoms with Crippen LogP contribution >= 0.6 is 0 Å². The van der Waals surface area contributed by atoms with Crippen LogP contribution in [0.3, 0.4) is 0 Å². The highest BCUT2D eigenvalue weighted by Gasteiger charge is 1.96. The Morgan fingerprint density at radius 3 is 0.738 bits per heavy atom. The van der Waals surface area contributed by atoms with E-state index >= 15 is 0 Å². The van der Waals surface area contributed by atoms with Crippen LogP contribution in [-0.4, -0.2) is 152 Å². The van der Waals surface area contributed by atoms with E-state index in [-0.39, 0.29) is 0 Å². The summed E-state index contributed by atoms with van der Waals surface area (Å²) < 4.78 is 59.9. The summed E-state index contributed by atoms with van der Waals surface area (Å²) in [5.41, 5.74) is 5.33. The molecule has 0 saturated carbocycles. The van der Waals surface area contributed by atoms with E-state index in [1.165, 1.54) is 32.1 Å². The number of hydrogen-bond acceptors (Lipinski definition) is 12. The minimum atomic E-state index is 0.521. The van der Waals surface area contributed by atoms with Gasteiger partial charge in [0.2, 0.25) is 0 Å². The second-order valence-electron chi connectivity index (χ2n) is 9.29. The van der Waals surface area contributed by atoms with E-state index in [2.05, 4.69) is 6.92 Å². The number of rotatable bonds is 39. The van der Waals surface area contributed by atoms with Gasteiger partial charge in [-0.15, -0.1) is 0 Å². The molecule has 0 amide bonds. The normalized spacial score (nSPS) is 11.6. The average Bonchev–Trinajstić information content (AvgIpc) is 3.00. The van der Waals surface area contributed by atoms with Gasteiger partial charge in [-0.25, -0.2) is 0 Å². The second kappa shape index (κ2) is 40.5. The van der Waals surface area contributed by atoms with E-state index in [4.69, 9.17) is 57.8 Å². The zero-order valence-electron chi connectivity index (χ0n) is 26.6. The summed E-state index contributed by atoms with van der Waals surface area (Å²) in [6.07, 6.45) is 7.69. The molecule has 0 aromatic carbocycles. The van der Waals surface area contributed by atoms with Gasteiger partial charge in [0.05, 0.1) is 139 Å². The van der Waals surface area contributed by atoms with E-state index in [1.54, 1.807) is 0 Å². The summed E-state index contributed by atoms with van der Waals surface area (Å²) in [5, 5.41) is 0. The van der Waals surface area contributed by atoms with Crippen molar-refractivity contribution >= 4 is 0 Å². The molecule has 0 aliphatic heterocycles. The monoisotopic (exact) mass is 613 g/mol. The molecule has 0 aromatic rings. The zero-order valence-corrected chi connectivity index (χ0v) is 26.6. The predicted molar refractivity (Wildman–Crippen MR) is 161 cm³/mol. The van der Waals surface area contributed by atoms with Crippen molar-refractivity contribution in [2.24, 2.45) is 5.73 Å². The Balaban J connectivity index is 3.02. The lowest BCUT2D eigenvalue weighted by Crippen LogP contribution is -2.15. The van der Waals surface area contributed by atoms with Gasteiger partial charge in [0, 0.05) is 13.2 Å². The molecule has 0 bridgehead atoms. The van der Waals surface area contributed by atoms with Gasteiger partial charge >= 0.3 is 0 Å². The van der Waals surface area contributed by atoms with E-state index in [0.717, 1.165) is 13.0 Å². The molecule has 0 aliphatic carbocycles. The predicted octanol–water partition coefficient (Wildman–Crippen LogP) is 2.49. The van der Waals surface area contributed by atoms with Crippen molar-refractivity contribution in [3.05, 3.63) is 0 Å². The number of unbranched alkanes of at least 4 members (excludes halogenated alkanes) is 5. The van der Waals surface area contributed by atoms with Crippen LogP contribution in [-0.2, 0) is 52.1 Å². The molecule has 0 spiro atoms. The fourth-order valence-electron chi connectivity index (χ4n) is 3.37. The first-order chi connectivity index (χ1) is 20.9. The number of hydrogen-bond donors (Lipinski definition) is 1. The third-order valence-corrected chi connectivity index (χ3v) is 5.62. The van der Waals surface area contributed by atoms with Crippen LogP contribution in [0.4, 0.5) is 0 Å². The van der Waals surface area contributed by atoms with E-state index in [1.807, 2.05) is 0 Å². The van der Waals surface area contributed by atoms with Gasteiger partial charge in [-0.05, 0) is 6.42 Å². The Labute approximate surface area is 255 Å². The van der Waals surface area contributed by atoms with Crippen LogP contribution in [0.15, 0.2) is 0 Å². The van der Waals surface area contributed by atoms with Crippen molar-refractivity contribution in [3.8, 4) is 0 Å². The van der Waals surface area contributed by atoms with Crippen LogP contribution in [0.25, 0.3) is 0 Å². The van der Waals surface area contributed by atoms with Crippen LogP contribution < -0.4 is 5.73 Å². The van der Waals surface area contributed by atoms with Gasteiger partial charge in [-0.3, -0.25) is 0 Å². The lowest BCUT2D eigenvalue weighted by atomic mass is 10.1. The molecule has 12 heteroatoms. The minimum Gasteiger partial charge on any atom is -0.379 e. The highest BCUT2D eigenvalue weighted by molar-refractivity contribution is 4.44. The summed E-state index contributed by atoms with van der Waals surface area (Å²) in [7, 11) is 0. The summed E-state index contributed by atoms with van der Waals surface area (Å²) in [6.45, 7) is 15.1. The average molecular weight is 614 g/mol. The molecule has 0 aliphatic rings. The van der Waals surface area contributed by atoms with E-state index in [0.29, 0.717) is 145 Å². The zero-order chi connectivity index (χ0) is 30.3. The molecule has 0 radical (unpaired) electrons. The minimum absolute atomic E-state index is 0.521. The largest absolute Gasteiger partial charge is 0.379 e. The molecule has 254 valence electrons. The van der Waals surface area contributed by atoms with Gasteiger partial charge in [-0.1, -0.05) is 39.0 Å². The van der Waals surface area contributed by atoms with Crippen molar-refractivity contribution in [1.82, 2.24) is 0 Å². The van der Waals surface area contributed by atoms with Crippen LogP contribution in [0.5, 0.6) is 0 Å². The van der Waals surface area contributed by atoms with Crippen molar-refractivity contribution in [3.63, 3.8) is 0 Å². The van der Waals surface area contributed by atoms with Gasteiger partial charge in [0.15, 0.2) is 0 Å². The maximum absolute atomic E-state index is 5.58. The van der Waals surface area contributed by atoms with Crippen molar-refractivity contribution in [1.29, 1.82) is 0 Å². The lowest BCUT2D eigenvalue weighted by Gasteiger charge is -2.09. The molecule has 0 aromatic heterocycles. The van der Waals surface area contributed by atoms with Gasteiger partial charge in [-0.2, -0.15) is 0 Å². The highest BCUT2D eigenvalue weighted by Crippen LogP contribution is 2.04. The Hall–Kier alpha value is -0.480. The van der Waals surface area contributed by atoms with Crippen molar-refractivity contribution in [2.75, 3.05) is 152 Å².